The van der Waals surface area contributed by atoms with Crippen LogP contribution in [0.3, 0.4) is 0 Å². The molecule has 0 radical (unpaired) electrons. The summed E-state index contributed by atoms with van der Waals surface area (Å²) in [5.74, 6) is -1.51. The lowest BCUT2D eigenvalue weighted by molar-refractivity contribution is -0.887. The number of ether oxygens (including phenoxy) is 3. The van der Waals surface area contributed by atoms with Gasteiger partial charge in [-0.25, -0.2) is 4.79 Å². The molecule has 0 saturated heterocycles. The Labute approximate surface area is 411 Å². The minimum absolute atomic E-state index is 0.0441. The van der Waals surface area contributed by atoms with Crippen molar-refractivity contribution in [2.75, 3.05) is 41.0 Å². The van der Waals surface area contributed by atoms with Crippen LogP contribution in [-0.4, -0.2) is 80.6 Å². The predicted molar refractivity (Wildman–Crippen MR) is 284 cm³/mol. The summed E-state index contributed by atoms with van der Waals surface area (Å²) in [6.07, 6.45) is 66.0. The zero-order valence-corrected chi connectivity index (χ0v) is 43.6. The molecule has 2 atom stereocenters. The SMILES string of the molecule is CC/C=C/C/C=C/C/C=C/C/C=C/C/C=C/C/C=C/CCCCCCC(=O)OC(COCCC(C(=O)O)[N+](C)(C)C)COC(=O)CCCCCCCCCCCC/C=C/C=C/CCCCCC. The molecule has 0 rings (SSSR count). The Hall–Kier alpha value is -3.75. The van der Waals surface area contributed by atoms with Crippen molar-refractivity contribution >= 4 is 17.9 Å². The number of allylic oxidation sites excluding steroid dienone is 16. The van der Waals surface area contributed by atoms with E-state index in [4.69, 9.17) is 14.2 Å². The van der Waals surface area contributed by atoms with Crippen LogP contribution in [0, 0.1) is 0 Å². The lowest BCUT2D eigenvalue weighted by Crippen LogP contribution is -2.50. The van der Waals surface area contributed by atoms with Crippen LogP contribution in [0.4, 0.5) is 0 Å². The average molecular weight is 935 g/mol. The topological polar surface area (TPSA) is 99.1 Å². The molecule has 67 heavy (non-hydrogen) atoms. The molecule has 2 unspecified atom stereocenters. The Bertz CT molecular complexity index is 1410. The number of carboxylic acids is 1. The minimum Gasteiger partial charge on any atom is -0.477 e. The van der Waals surface area contributed by atoms with Gasteiger partial charge in [-0.05, 0) is 89.9 Å². The van der Waals surface area contributed by atoms with E-state index in [0.717, 1.165) is 89.9 Å². The molecule has 0 spiro atoms. The number of quaternary nitrogens is 1. The maximum atomic E-state index is 12.8. The fraction of sp³-hybridized carbons (Fsp3) is 0.678. The molecule has 8 nitrogen and oxygen atoms in total. The number of nitrogens with zero attached hydrogens (tertiary/aromatic N) is 1. The van der Waals surface area contributed by atoms with Crippen molar-refractivity contribution in [1.82, 2.24) is 0 Å². The van der Waals surface area contributed by atoms with Crippen LogP contribution in [0.5, 0.6) is 0 Å². The number of unbranched alkanes of at least 4 members (excludes halogenated alkanes) is 18. The lowest BCUT2D eigenvalue weighted by Gasteiger charge is -2.31. The summed E-state index contributed by atoms with van der Waals surface area (Å²) in [7, 11) is 5.52. The van der Waals surface area contributed by atoms with Crippen molar-refractivity contribution in [3.8, 4) is 0 Å². The van der Waals surface area contributed by atoms with E-state index < -0.39 is 18.1 Å². The molecule has 0 aromatic rings. The first-order valence-electron chi connectivity index (χ1n) is 26.8. The number of carboxylic acid groups (broad SMARTS) is 1. The fourth-order valence-corrected chi connectivity index (χ4v) is 7.38. The molecule has 0 fully saturated rings. The third-order valence-electron chi connectivity index (χ3n) is 11.5. The quantitative estimate of drug-likeness (QED) is 0.0213. The monoisotopic (exact) mass is 935 g/mol. The molecule has 0 heterocycles. The number of hydrogen-bond donors (Lipinski definition) is 1. The van der Waals surface area contributed by atoms with Crippen LogP contribution >= 0.6 is 0 Å². The fourth-order valence-electron chi connectivity index (χ4n) is 7.38. The van der Waals surface area contributed by atoms with Gasteiger partial charge in [0.05, 0.1) is 34.4 Å². The van der Waals surface area contributed by atoms with Gasteiger partial charge < -0.3 is 23.8 Å². The maximum absolute atomic E-state index is 12.8. The van der Waals surface area contributed by atoms with Crippen LogP contribution < -0.4 is 0 Å². The van der Waals surface area contributed by atoms with Crippen molar-refractivity contribution in [2.45, 2.75) is 219 Å². The van der Waals surface area contributed by atoms with Crippen molar-refractivity contribution in [2.24, 2.45) is 0 Å². The van der Waals surface area contributed by atoms with Crippen molar-refractivity contribution in [3.05, 3.63) is 97.2 Å². The van der Waals surface area contributed by atoms with E-state index in [1.54, 1.807) is 0 Å². The van der Waals surface area contributed by atoms with E-state index in [-0.39, 0.29) is 36.2 Å². The molecule has 0 saturated carbocycles. The summed E-state index contributed by atoms with van der Waals surface area (Å²) >= 11 is 0. The standard InChI is InChI=1S/C59H99NO7/c1-6-8-10-12-14-16-18-20-22-24-26-28-29-30-32-34-36-38-40-42-44-46-48-50-58(62)67-55(53-65-52-51-56(59(63)64)60(3,4)5)54-66-57(61)49-47-45-43-41-39-37-35-33-31-27-25-23-21-19-17-15-13-11-9-7-2/h8,10,14,16-17,19-23,26,28,30,32,36,38,55-56H,6-7,9,11-13,15,18,24-25,27,29,31,33-35,37,39-54H2,1-5H3/p+1/b10-8+,16-14+,19-17+,22-20+,23-21+,28-26+,32-30+,38-36+. The van der Waals surface area contributed by atoms with Crippen LogP contribution in [0.25, 0.3) is 0 Å². The molecule has 0 bridgehead atoms. The van der Waals surface area contributed by atoms with Crippen LogP contribution in [0.2, 0.25) is 0 Å². The largest absolute Gasteiger partial charge is 0.477 e. The number of esters is 2. The smallest absolute Gasteiger partial charge is 0.362 e. The molecule has 382 valence electrons. The van der Waals surface area contributed by atoms with Crippen LogP contribution in [0.1, 0.15) is 206 Å². The number of carbonyl (C=O) groups is 3. The average Bonchev–Trinajstić information content (AvgIpc) is 3.29. The minimum atomic E-state index is -0.883. The van der Waals surface area contributed by atoms with Crippen molar-refractivity contribution < 1.29 is 38.2 Å². The van der Waals surface area contributed by atoms with Crippen LogP contribution in [-0.2, 0) is 28.6 Å². The first-order chi connectivity index (χ1) is 32.6. The molecule has 0 aliphatic heterocycles. The van der Waals surface area contributed by atoms with Crippen LogP contribution in [0.15, 0.2) is 97.2 Å². The van der Waals surface area contributed by atoms with Gasteiger partial charge in [-0.1, -0.05) is 195 Å². The second-order valence-electron chi connectivity index (χ2n) is 18.8. The zero-order chi connectivity index (χ0) is 49.2. The van der Waals surface area contributed by atoms with Crippen molar-refractivity contribution in [3.63, 3.8) is 0 Å². The first-order valence-corrected chi connectivity index (χ1v) is 26.8. The number of aliphatic carboxylic acids is 1. The number of hydrogen-bond acceptors (Lipinski definition) is 6. The van der Waals surface area contributed by atoms with E-state index in [9.17, 15) is 19.5 Å². The first kappa shape index (κ1) is 63.2. The van der Waals surface area contributed by atoms with Gasteiger partial charge in [-0.2, -0.15) is 0 Å². The van der Waals surface area contributed by atoms with Gasteiger partial charge in [0.1, 0.15) is 6.61 Å². The van der Waals surface area contributed by atoms with Gasteiger partial charge in [0.25, 0.3) is 0 Å². The van der Waals surface area contributed by atoms with Gasteiger partial charge >= 0.3 is 17.9 Å². The van der Waals surface area contributed by atoms with Gasteiger partial charge in [0, 0.05) is 19.3 Å². The Balaban J connectivity index is 4.31. The third-order valence-corrected chi connectivity index (χ3v) is 11.5. The van der Waals surface area contributed by atoms with Gasteiger partial charge in [0.15, 0.2) is 12.1 Å². The van der Waals surface area contributed by atoms with Gasteiger partial charge in [-0.3, -0.25) is 9.59 Å². The summed E-state index contributed by atoms with van der Waals surface area (Å²) in [4.78, 5) is 37.2. The predicted octanol–water partition coefficient (Wildman–Crippen LogP) is 15.8. The third kappa shape index (κ3) is 47.1. The second kappa shape index (κ2) is 48.7. The summed E-state index contributed by atoms with van der Waals surface area (Å²) in [5.41, 5.74) is 0. The lowest BCUT2D eigenvalue weighted by atomic mass is 10.1. The normalized spacial score (nSPS) is 13.6. The number of rotatable bonds is 47. The van der Waals surface area contributed by atoms with E-state index >= 15 is 0 Å². The summed E-state index contributed by atoms with van der Waals surface area (Å²) < 4.78 is 17.3. The molecular formula is C59H100NO7+. The Morgan fingerprint density at radius 1 is 0.478 bits per heavy atom. The molecular weight excluding hydrogens is 835 g/mol. The Morgan fingerprint density at radius 2 is 0.881 bits per heavy atom. The van der Waals surface area contributed by atoms with Gasteiger partial charge in [0.2, 0.25) is 0 Å². The molecule has 0 aromatic heterocycles. The summed E-state index contributed by atoms with van der Waals surface area (Å²) in [6, 6.07) is -0.627. The highest BCUT2D eigenvalue weighted by molar-refractivity contribution is 5.72. The Kier molecular flexibility index (Phi) is 46.0. The molecule has 0 aromatic carbocycles. The second-order valence-corrected chi connectivity index (χ2v) is 18.8. The Morgan fingerprint density at radius 3 is 1.33 bits per heavy atom. The molecule has 0 aliphatic carbocycles. The highest BCUT2D eigenvalue weighted by atomic mass is 16.6. The molecule has 0 amide bonds. The number of carbonyl (C=O) groups excluding carboxylic acids is 2. The number of likely N-dealkylation sites (N-methyl/N-ethyl adjacent to an activating group) is 1. The molecule has 0 aliphatic rings. The molecule has 8 heteroatoms. The highest BCUT2D eigenvalue weighted by Crippen LogP contribution is 2.14. The summed E-state index contributed by atoms with van der Waals surface area (Å²) in [5, 5.41) is 9.67. The highest BCUT2D eigenvalue weighted by Gasteiger charge is 2.31. The van der Waals surface area contributed by atoms with Crippen molar-refractivity contribution in [1.29, 1.82) is 0 Å². The van der Waals surface area contributed by atoms with Gasteiger partial charge in [-0.15, -0.1) is 0 Å². The zero-order valence-electron chi connectivity index (χ0n) is 43.6. The maximum Gasteiger partial charge on any atom is 0.362 e. The van der Waals surface area contributed by atoms with E-state index in [1.165, 1.54) is 83.5 Å². The molecule has 1 N–H and O–H groups in total. The van der Waals surface area contributed by atoms with E-state index in [1.807, 2.05) is 21.1 Å². The van der Waals surface area contributed by atoms with E-state index in [0.29, 0.717) is 19.3 Å². The summed E-state index contributed by atoms with van der Waals surface area (Å²) in [6.45, 7) is 4.58. The van der Waals surface area contributed by atoms with E-state index in [2.05, 4.69) is 111 Å².